The van der Waals surface area contributed by atoms with E-state index in [9.17, 15) is 14.0 Å². The number of nitrogens with zero attached hydrogens (tertiary/aromatic N) is 5. The van der Waals surface area contributed by atoms with E-state index in [1.165, 1.54) is 42.2 Å². The number of aromatic nitrogens is 5. The highest BCUT2D eigenvalue weighted by Gasteiger charge is 2.31. The first-order valence-electron chi connectivity index (χ1n) is 10.3. The lowest BCUT2D eigenvalue weighted by Crippen LogP contribution is -2.24. The van der Waals surface area contributed by atoms with Crippen molar-refractivity contribution in [3.8, 4) is 5.88 Å². The fourth-order valence-corrected chi connectivity index (χ4v) is 4.08. The van der Waals surface area contributed by atoms with E-state index in [-0.39, 0.29) is 17.2 Å². The summed E-state index contributed by atoms with van der Waals surface area (Å²) in [5, 5.41) is 6.94. The Morgan fingerprint density at radius 1 is 1.30 bits per heavy atom. The quantitative estimate of drug-likeness (QED) is 0.481. The molecular formula is C22H20FN7O3. The summed E-state index contributed by atoms with van der Waals surface area (Å²) < 4.78 is 20.8. The average molecular weight is 449 g/mol. The highest BCUT2D eigenvalue weighted by Crippen LogP contribution is 2.38. The first-order valence-corrected chi connectivity index (χ1v) is 10.3. The van der Waals surface area contributed by atoms with Gasteiger partial charge in [0.15, 0.2) is 5.65 Å². The summed E-state index contributed by atoms with van der Waals surface area (Å²) in [5.41, 5.74) is 1.50. The molecule has 11 heteroatoms. The number of hydrogen-bond acceptors (Lipinski definition) is 7. The van der Waals surface area contributed by atoms with E-state index in [2.05, 4.69) is 25.3 Å². The van der Waals surface area contributed by atoms with Crippen molar-refractivity contribution >= 4 is 23.1 Å². The smallest absolute Gasteiger partial charge is 0.261 e. The molecular weight excluding hydrogens is 429 g/mol. The average Bonchev–Trinajstić information content (AvgIpc) is 3.47. The van der Waals surface area contributed by atoms with Crippen molar-refractivity contribution in [2.24, 2.45) is 0 Å². The monoisotopic (exact) mass is 449 g/mol. The summed E-state index contributed by atoms with van der Waals surface area (Å²) in [6.07, 6.45) is 7.38. The van der Waals surface area contributed by atoms with Crippen molar-refractivity contribution in [1.82, 2.24) is 24.6 Å². The van der Waals surface area contributed by atoms with Crippen LogP contribution in [0.25, 0.3) is 5.65 Å². The molecule has 1 fully saturated rings. The number of aromatic amines is 1. The van der Waals surface area contributed by atoms with Crippen LogP contribution in [0.5, 0.6) is 5.88 Å². The van der Waals surface area contributed by atoms with Crippen LogP contribution in [0.3, 0.4) is 0 Å². The van der Waals surface area contributed by atoms with Crippen LogP contribution in [-0.4, -0.2) is 44.1 Å². The van der Waals surface area contributed by atoms with E-state index < -0.39 is 11.7 Å². The number of fused-ring (bicyclic) bond motifs is 1. The van der Waals surface area contributed by atoms with Gasteiger partial charge in [-0.2, -0.15) is 5.10 Å². The predicted octanol–water partition coefficient (Wildman–Crippen LogP) is 2.55. The number of rotatable bonds is 5. The third-order valence-corrected chi connectivity index (χ3v) is 5.59. The number of anilines is 2. The maximum atomic E-state index is 13.9. The van der Waals surface area contributed by atoms with Crippen LogP contribution in [0.4, 0.5) is 15.9 Å². The molecule has 4 aromatic rings. The van der Waals surface area contributed by atoms with Crippen molar-refractivity contribution in [2.45, 2.75) is 18.9 Å². The van der Waals surface area contributed by atoms with Crippen LogP contribution in [0.15, 0.2) is 53.8 Å². The van der Waals surface area contributed by atoms with Crippen LogP contribution >= 0.6 is 0 Å². The Bertz CT molecular complexity index is 1380. The number of H-pyrrole nitrogens is 1. The third kappa shape index (κ3) is 3.88. The van der Waals surface area contributed by atoms with Crippen molar-refractivity contribution in [3.63, 3.8) is 0 Å². The fourth-order valence-electron chi connectivity index (χ4n) is 4.08. The van der Waals surface area contributed by atoms with Gasteiger partial charge in [-0.3, -0.25) is 9.59 Å². The van der Waals surface area contributed by atoms with Gasteiger partial charge in [0.1, 0.15) is 17.2 Å². The molecule has 1 saturated heterocycles. The topological polar surface area (TPSA) is 118 Å². The molecule has 1 amide bonds. The molecule has 0 saturated carbocycles. The zero-order valence-electron chi connectivity index (χ0n) is 17.7. The second kappa shape index (κ2) is 8.34. The Kier molecular flexibility index (Phi) is 5.21. The summed E-state index contributed by atoms with van der Waals surface area (Å²) in [6.45, 7) is 0.709. The molecule has 2 N–H and O–H groups in total. The first kappa shape index (κ1) is 20.6. The molecule has 1 aliphatic heterocycles. The highest BCUT2D eigenvalue weighted by molar-refractivity contribution is 6.08. The van der Waals surface area contributed by atoms with Crippen molar-refractivity contribution in [1.29, 1.82) is 0 Å². The van der Waals surface area contributed by atoms with Gasteiger partial charge in [0.2, 0.25) is 11.4 Å². The van der Waals surface area contributed by atoms with Gasteiger partial charge in [-0.05, 0) is 31.0 Å². The predicted molar refractivity (Wildman–Crippen MR) is 118 cm³/mol. The van der Waals surface area contributed by atoms with E-state index in [0.717, 1.165) is 19.0 Å². The first-order chi connectivity index (χ1) is 16.0. The number of methoxy groups -OCH3 is 1. The van der Waals surface area contributed by atoms with Gasteiger partial charge in [-0.15, -0.1) is 0 Å². The van der Waals surface area contributed by atoms with Gasteiger partial charge in [0.05, 0.1) is 31.2 Å². The molecule has 0 radical (unpaired) electrons. The number of carbonyl (C=O) groups is 1. The van der Waals surface area contributed by atoms with E-state index >= 15 is 0 Å². The minimum Gasteiger partial charge on any atom is -0.481 e. The van der Waals surface area contributed by atoms with Crippen LogP contribution in [-0.2, 0) is 0 Å². The minimum atomic E-state index is -0.432. The molecule has 4 aromatic heterocycles. The van der Waals surface area contributed by atoms with E-state index in [4.69, 9.17) is 9.72 Å². The molecule has 0 aliphatic carbocycles. The maximum absolute atomic E-state index is 13.9. The van der Waals surface area contributed by atoms with Crippen LogP contribution in [0, 0.1) is 5.82 Å². The lowest BCUT2D eigenvalue weighted by molar-refractivity contribution is 0.102. The van der Waals surface area contributed by atoms with Crippen LogP contribution in [0.1, 0.15) is 34.8 Å². The van der Waals surface area contributed by atoms with Gasteiger partial charge >= 0.3 is 0 Å². The van der Waals surface area contributed by atoms with Crippen molar-refractivity contribution in [3.05, 3.63) is 76.4 Å². The van der Waals surface area contributed by atoms with E-state index in [1.54, 1.807) is 12.3 Å². The number of nitrogens with one attached hydrogen (secondary N) is 2. The summed E-state index contributed by atoms with van der Waals surface area (Å²) in [4.78, 5) is 37.4. The molecule has 1 atom stereocenters. The normalized spacial score (nSPS) is 15.7. The number of pyridine rings is 2. The summed E-state index contributed by atoms with van der Waals surface area (Å²) in [5.74, 6) is 0.170. The lowest BCUT2D eigenvalue weighted by Gasteiger charge is -2.26. The van der Waals surface area contributed by atoms with E-state index in [0.29, 0.717) is 35.1 Å². The standard InChI is InChI=1S/C22H20FN7O3/c1-33-22-15(9-13(23)10-25-22)17-3-2-7-29(17)18-6-8-30-20(28-18)16(12-26-30)21(32)27-14-4-5-19(31)24-11-14/h4-6,8-12,17H,2-3,7H2,1H3,(H,24,31)(H,27,32). The Balaban J connectivity index is 1.48. The number of hydrogen-bond donors (Lipinski definition) is 2. The summed E-state index contributed by atoms with van der Waals surface area (Å²) in [6, 6.07) is 5.91. The second-order valence-electron chi connectivity index (χ2n) is 7.61. The Morgan fingerprint density at radius 2 is 2.18 bits per heavy atom. The van der Waals surface area contributed by atoms with Crippen LogP contribution in [0.2, 0.25) is 0 Å². The van der Waals surface area contributed by atoms with Gasteiger partial charge in [0.25, 0.3) is 5.91 Å². The largest absolute Gasteiger partial charge is 0.481 e. The number of amides is 1. The molecule has 1 aliphatic rings. The van der Waals surface area contributed by atoms with Gasteiger partial charge < -0.3 is 19.9 Å². The Hall–Kier alpha value is -4.28. The molecule has 33 heavy (non-hydrogen) atoms. The molecule has 5 rings (SSSR count). The zero-order chi connectivity index (χ0) is 22.9. The second-order valence-corrected chi connectivity index (χ2v) is 7.61. The Labute approximate surface area is 187 Å². The maximum Gasteiger partial charge on any atom is 0.261 e. The number of ether oxygens (including phenoxy) is 1. The number of halogens is 1. The van der Waals surface area contributed by atoms with Crippen molar-refractivity contribution < 1.29 is 13.9 Å². The lowest BCUT2D eigenvalue weighted by atomic mass is 10.1. The summed E-state index contributed by atoms with van der Waals surface area (Å²) in [7, 11) is 1.51. The highest BCUT2D eigenvalue weighted by atomic mass is 19.1. The molecule has 0 aromatic carbocycles. The molecule has 10 nitrogen and oxygen atoms in total. The van der Waals surface area contributed by atoms with Gasteiger partial charge in [-0.25, -0.2) is 18.9 Å². The molecule has 0 spiro atoms. The minimum absolute atomic E-state index is 0.167. The summed E-state index contributed by atoms with van der Waals surface area (Å²) >= 11 is 0. The van der Waals surface area contributed by atoms with Crippen molar-refractivity contribution in [2.75, 3.05) is 23.9 Å². The Morgan fingerprint density at radius 3 is 2.97 bits per heavy atom. The fraction of sp³-hybridized carbons (Fsp3) is 0.227. The molecule has 168 valence electrons. The third-order valence-electron chi connectivity index (χ3n) is 5.59. The zero-order valence-corrected chi connectivity index (χ0v) is 17.7. The SMILES string of the molecule is COc1ncc(F)cc1C1CCCN1c1ccn2ncc(C(=O)Nc3ccc(=O)[nH]c3)c2n1. The molecule has 1 unspecified atom stereocenters. The molecule has 0 bridgehead atoms. The van der Waals surface area contributed by atoms with Crippen LogP contribution < -0.4 is 20.5 Å². The molecule has 5 heterocycles. The van der Waals surface area contributed by atoms with Gasteiger partial charge in [-0.1, -0.05) is 0 Å². The number of carbonyl (C=O) groups excluding carboxylic acids is 1. The van der Waals surface area contributed by atoms with E-state index in [1.807, 2.05) is 0 Å². The van der Waals surface area contributed by atoms with Gasteiger partial charge in [0, 0.05) is 30.6 Å².